The molecule has 0 unspecified atom stereocenters. The minimum absolute atomic E-state index is 0.297. The average Bonchev–Trinajstić information content (AvgIpc) is 2.79. The Bertz CT molecular complexity index is 348. The number of carbonyl (C=O) groups is 1. The van der Waals surface area contributed by atoms with E-state index in [-0.39, 0.29) is 16.9 Å². The summed E-state index contributed by atoms with van der Waals surface area (Å²) < 4.78 is 23.9. The van der Waals surface area contributed by atoms with Gasteiger partial charge in [-0.05, 0) is 25.8 Å². The van der Waals surface area contributed by atoms with E-state index < -0.39 is 9.84 Å². The molecule has 1 aliphatic rings. The van der Waals surface area contributed by atoms with Crippen LogP contribution >= 0.6 is 0 Å². The van der Waals surface area contributed by atoms with Gasteiger partial charge in [-0.3, -0.25) is 4.79 Å². The van der Waals surface area contributed by atoms with Crippen LogP contribution in [0.5, 0.6) is 0 Å². The Morgan fingerprint density at radius 1 is 1.35 bits per heavy atom. The first-order valence-electron chi connectivity index (χ1n) is 6.13. The molecule has 1 aliphatic carbocycles. The van der Waals surface area contributed by atoms with Crippen LogP contribution in [0.15, 0.2) is 0 Å². The van der Waals surface area contributed by atoms with Gasteiger partial charge in [-0.1, -0.05) is 12.8 Å². The first-order chi connectivity index (χ1) is 7.97. The lowest BCUT2D eigenvalue weighted by Crippen LogP contribution is -2.36. The zero-order chi connectivity index (χ0) is 12.9. The van der Waals surface area contributed by atoms with Gasteiger partial charge in [0, 0.05) is 13.6 Å². The molecule has 0 atom stereocenters. The van der Waals surface area contributed by atoms with Crippen molar-refractivity contribution >= 4 is 15.7 Å². The standard InChI is InChI=1S/C11H22N2O3S/c1-13(8-4-7-12)11(14)9-17(15,16)10-5-2-3-6-10/h10H,2-9,12H2,1H3. The first kappa shape index (κ1) is 14.4. The van der Waals surface area contributed by atoms with E-state index in [0.29, 0.717) is 32.4 Å². The molecule has 0 heterocycles. The summed E-state index contributed by atoms with van der Waals surface area (Å²) in [7, 11) is -1.62. The van der Waals surface area contributed by atoms with Crippen molar-refractivity contribution < 1.29 is 13.2 Å². The number of hydrogen-bond acceptors (Lipinski definition) is 4. The fourth-order valence-electron chi connectivity index (χ4n) is 2.10. The lowest BCUT2D eigenvalue weighted by molar-refractivity contribution is -0.127. The van der Waals surface area contributed by atoms with Crippen molar-refractivity contribution in [1.29, 1.82) is 0 Å². The zero-order valence-electron chi connectivity index (χ0n) is 10.4. The van der Waals surface area contributed by atoms with E-state index in [4.69, 9.17) is 5.73 Å². The van der Waals surface area contributed by atoms with Crippen molar-refractivity contribution in [2.75, 3.05) is 25.9 Å². The quantitative estimate of drug-likeness (QED) is 0.739. The summed E-state index contributed by atoms with van der Waals surface area (Å²) in [4.78, 5) is 13.2. The number of carbonyl (C=O) groups excluding carboxylic acids is 1. The number of nitrogens with zero attached hydrogens (tertiary/aromatic N) is 1. The molecule has 0 aromatic rings. The molecule has 0 aliphatic heterocycles. The second-order valence-electron chi connectivity index (χ2n) is 4.67. The van der Waals surface area contributed by atoms with Gasteiger partial charge in [-0.15, -0.1) is 0 Å². The molecule has 1 rings (SSSR count). The Balaban J connectivity index is 2.49. The molecule has 2 N–H and O–H groups in total. The summed E-state index contributed by atoms with van der Waals surface area (Å²) >= 11 is 0. The van der Waals surface area contributed by atoms with Crippen LogP contribution in [-0.4, -0.2) is 50.4 Å². The summed E-state index contributed by atoms with van der Waals surface area (Å²) in [5.41, 5.74) is 5.35. The Kier molecular flexibility index (Phi) is 5.39. The van der Waals surface area contributed by atoms with Crippen LogP contribution in [0.25, 0.3) is 0 Å². The first-order valence-corrected chi connectivity index (χ1v) is 7.84. The zero-order valence-corrected chi connectivity index (χ0v) is 11.2. The molecule has 1 saturated carbocycles. The molecule has 5 nitrogen and oxygen atoms in total. The predicted octanol–water partition coefficient (Wildman–Crippen LogP) is 0.151. The summed E-state index contributed by atoms with van der Waals surface area (Å²) in [5.74, 6) is -0.663. The third-order valence-electron chi connectivity index (χ3n) is 3.26. The summed E-state index contributed by atoms with van der Waals surface area (Å²) in [6.45, 7) is 1.03. The Morgan fingerprint density at radius 3 is 2.47 bits per heavy atom. The number of sulfone groups is 1. The van der Waals surface area contributed by atoms with Crippen molar-refractivity contribution in [3.8, 4) is 0 Å². The molecule has 1 fully saturated rings. The minimum atomic E-state index is -3.25. The summed E-state index contributed by atoms with van der Waals surface area (Å²) in [6, 6.07) is 0. The SMILES string of the molecule is CN(CCCN)C(=O)CS(=O)(=O)C1CCCC1. The molecule has 100 valence electrons. The molecule has 0 radical (unpaired) electrons. The van der Waals surface area contributed by atoms with Gasteiger partial charge in [0.05, 0.1) is 5.25 Å². The van der Waals surface area contributed by atoms with Crippen LogP contribution in [-0.2, 0) is 14.6 Å². The maximum Gasteiger partial charge on any atom is 0.237 e. The molecule has 0 bridgehead atoms. The summed E-state index contributed by atoms with van der Waals surface area (Å²) in [5, 5.41) is -0.297. The topological polar surface area (TPSA) is 80.5 Å². The molecule has 6 heteroatoms. The van der Waals surface area contributed by atoms with Gasteiger partial charge in [0.2, 0.25) is 5.91 Å². The van der Waals surface area contributed by atoms with Gasteiger partial charge >= 0.3 is 0 Å². The fraction of sp³-hybridized carbons (Fsp3) is 0.909. The van der Waals surface area contributed by atoms with Crippen LogP contribution < -0.4 is 5.73 Å². The van der Waals surface area contributed by atoms with Gasteiger partial charge in [0.25, 0.3) is 0 Å². The van der Waals surface area contributed by atoms with Gasteiger partial charge in [-0.25, -0.2) is 8.42 Å². The predicted molar refractivity (Wildman–Crippen MR) is 67.4 cm³/mol. The number of hydrogen-bond donors (Lipinski definition) is 1. The fourth-order valence-corrected chi connectivity index (χ4v) is 3.95. The molecular formula is C11H22N2O3S. The van der Waals surface area contributed by atoms with Crippen LogP contribution in [0.2, 0.25) is 0 Å². The largest absolute Gasteiger partial charge is 0.345 e. The van der Waals surface area contributed by atoms with Crippen molar-refractivity contribution in [1.82, 2.24) is 4.90 Å². The minimum Gasteiger partial charge on any atom is -0.345 e. The summed E-state index contributed by atoms with van der Waals surface area (Å²) in [6.07, 6.45) is 4.04. The molecule has 0 aromatic heterocycles. The van der Waals surface area contributed by atoms with Crippen molar-refractivity contribution in [2.24, 2.45) is 5.73 Å². The smallest absolute Gasteiger partial charge is 0.237 e. The third kappa shape index (κ3) is 4.27. The molecule has 1 amide bonds. The van der Waals surface area contributed by atoms with Crippen LogP contribution in [0, 0.1) is 0 Å². The van der Waals surface area contributed by atoms with E-state index in [2.05, 4.69) is 0 Å². The number of amides is 1. The Hall–Kier alpha value is -0.620. The normalized spacial score (nSPS) is 17.3. The van der Waals surface area contributed by atoms with Crippen molar-refractivity contribution in [3.05, 3.63) is 0 Å². The van der Waals surface area contributed by atoms with E-state index in [1.165, 1.54) is 4.90 Å². The van der Waals surface area contributed by atoms with Gasteiger partial charge in [0.15, 0.2) is 9.84 Å². The van der Waals surface area contributed by atoms with Gasteiger partial charge in [0.1, 0.15) is 5.75 Å². The highest BCUT2D eigenvalue weighted by molar-refractivity contribution is 7.92. The average molecular weight is 262 g/mol. The highest BCUT2D eigenvalue weighted by Gasteiger charge is 2.31. The highest BCUT2D eigenvalue weighted by atomic mass is 32.2. The highest BCUT2D eigenvalue weighted by Crippen LogP contribution is 2.25. The second-order valence-corrected chi connectivity index (χ2v) is 6.95. The van der Waals surface area contributed by atoms with E-state index >= 15 is 0 Å². The molecule has 17 heavy (non-hydrogen) atoms. The van der Waals surface area contributed by atoms with Crippen molar-refractivity contribution in [3.63, 3.8) is 0 Å². The second kappa shape index (κ2) is 6.35. The Labute approximate surface area is 103 Å². The molecular weight excluding hydrogens is 240 g/mol. The maximum atomic E-state index is 11.9. The van der Waals surface area contributed by atoms with Crippen LogP contribution in [0.3, 0.4) is 0 Å². The van der Waals surface area contributed by atoms with Crippen LogP contribution in [0.4, 0.5) is 0 Å². The van der Waals surface area contributed by atoms with Crippen molar-refractivity contribution in [2.45, 2.75) is 37.4 Å². The number of rotatable bonds is 6. The lowest BCUT2D eigenvalue weighted by atomic mass is 10.4. The molecule has 0 spiro atoms. The third-order valence-corrected chi connectivity index (χ3v) is 5.39. The monoisotopic (exact) mass is 262 g/mol. The molecule has 0 aromatic carbocycles. The van der Waals surface area contributed by atoms with E-state index in [1.54, 1.807) is 7.05 Å². The molecule has 0 saturated heterocycles. The maximum absolute atomic E-state index is 11.9. The van der Waals surface area contributed by atoms with E-state index in [0.717, 1.165) is 12.8 Å². The van der Waals surface area contributed by atoms with E-state index in [1.807, 2.05) is 0 Å². The van der Waals surface area contributed by atoms with Gasteiger partial charge in [-0.2, -0.15) is 0 Å². The van der Waals surface area contributed by atoms with Crippen LogP contribution in [0.1, 0.15) is 32.1 Å². The number of nitrogens with two attached hydrogens (primary N) is 1. The lowest BCUT2D eigenvalue weighted by Gasteiger charge is -2.18. The van der Waals surface area contributed by atoms with E-state index in [9.17, 15) is 13.2 Å². The Morgan fingerprint density at radius 2 is 1.94 bits per heavy atom. The van der Waals surface area contributed by atoms with Gasteiger partial charge < -0.3 is 10.6 Å².